The quantitative estimate of drug-likeness (QED) is 0.170. The molecule has 0 saturated heterocycles. The molecule has 0 unspecified atom stereocenters. The summed E-state index contributed by atoms with van der Waals surface area (Å²) in [7, 11) is 0. The lowest BCUT2D eigenvalue weighted by Gasteiger charge is -2.41. The van der Waals surface area contributed by atoms with E-state index in [0.29, 0.717) is 0 Å². The molecule has 4 nitrogen and oxygen atoms in total. The van der Waals surface area contributed by atoms with Crippen LogP contribution in [0.5, 0.6) is 0 Å². The van der Waals surface area contributed by atoms with E-state index in [1.54, 1.807) is 0 Å². The summed E-state index contributed by atoms with van der Waals surface area (Å²) in [6.45, 7) is 27.2. The van der Waals surface area contributed by atoms with Crippen molar-refractivity contribution in [1.82, 2.24) is 0 Å². The molecular formula is C51H54N4. The van der Waals surface area contributed by atoms with Gasteiger partial charge in [-0.25, -0.2) is 0 Å². The minimum Gasteiger partial charge on any atom is -0.322 e. The highest BCUT2D eigenvalue weighted by Gasteiger charge is 2.49. The van der Waals surface area contributed by atoms with Crippen LogP contribution in [-0.2, 0) is 5.41 Å². The van der Waals surface area contributed by atoms with Crippen molar-refractivity contribution >= 4 is 44.6 Å². The van der Waals surface area contributed by atoms with Crippen molar-refractivity contribution in [3.05, 3.63) is 120 Å². The molecule has 0 radical (unpaired) electrons. The van der Waals surface area contributed by atoms with Gasteiger partial charge in [-0.2, -0.15) is 0 Å². The zero-order chi connectivity index (χ0) is 39.0. The second-order valence-corrected chi connectivity index (χ2v) is 18.7. The van der Waals surface area contributed by atoms with Gasteiger partial charge in [0.25, 0.3) is 0 Å². The van der Waals surface area contributed by atoms with Crippen LogP contribution in [-0.4, -0.2) is 33.8 Å². The Morgan fingerprint density at radius 3 is 1.36 bits per heavy atom. The van der Waals surface area contributed by atoms with Gasteiger partial charge in [0.1, 0.15) is 11.7 Å². The first kappa shape index (κ1) is 35.5. The molecular weight excluding hydrogens is 669 g/mol. The van der Waals surface area contributed by atoms with Gasteiger partial charge in [0.15, 0.2) is 0 Å². The zero-order valence-corrected chi connectivity index (χ0v) is 34.7. The number of nitrogens with zero attached hydrogens (tertiary/aromatic N) is 4. The van der Waals surface area contributed by atoms with Gasteiger partial charge in [0.05, 0.1) is 22.2 Å². The molecule has 0 spiro atoms. The second-order valence-electron chi connectivity index (χ2n) is 18.7. The van der Waals surface area contributed by atoms with Crippen LogP contribution in [0.1, 0.15) is 94.2 Å². The van der Waals surface area contributed by atoms with E-state index in [1.165, 1.54) is 77.4 Å². The maximum Gasteiger partial charge on any atom is 0.102 e. The van der Waals surface area contributed by atoms with Crippen LogP contribution in [0.15, 0.2) is 119 Å². The molecule has 4 heteroatoms. The molecule has 2 aliphatic heterocycles. The molecule has 278 valence electrons. The lowest BCUT2D eigenvalue weighted by Crippen LogP contribution is -2.52. The number of aliphatic imine (C=N–C) groups is 2. The first-order valence-corrected chi connectivity index (χ1v) is 19.9. The highest BCUT2D eigenvalue weighted by atomic mass is 15.3. The SMILES string of the molecule is CC1=NC(C)(C)C(C)(C)N1c1ccc(-c2c3ccccc3c(-c3ccc(N4C(C)=NC(C)(C)C4(C)C)cc3)c3c4c(ccc23)C(C)(C)c2ccccc2-4)cc1. The van der Waals surface area contributed by atoms with Gasteiger partial charge in [-0.05, 0) is 160 Å². The number of hydrogen-bond donors (Lipinski definition) is 0. The zero-order valence-electron chi connectivity index (χ0n) is 34.7. The Morgan fingerprint density at radius 2 is 0.873 bits per heavy atom. The Morgan fingerprint density at radius 1 is 0.418 bits per heavy atom. The van der Waals surface area contributed by atoms with Gasteiger partial charge in [0, 0.05) is 16.8 Å². The third-order valence-electron chi connectivity index (χ3n) is 14.2. The molecule has 0 N–H and O–H groups in total. The molecule has 55 heavy (non-hydrogen) atoms. The van der Waals surface area contributed by atoms with Crippen molar-refractivity contribution in [1.29, 1.82) is 0 Å². The van der Waals surface area contributed by atoms with E-state index in [2.05, 4.69) is 202 Å². The molecule has 6 aromatic rings. The summed E-state index contributed by atoms with van der Waals surface area (Å²) in [5, 5.41) is 5.13. The van der Waals surface area contributed by atoms with Gasteiger partial charge < -0.3 is 9.80 Å². The van der Waals surface area contributed by atoms with Crippen molar-refractivity contribution in [3.63, 3.8) is 0 Å². The average Bonchev–Trinajstić information content (AvgIpc) is 3.54. The number of rotatable bonds is 4. The monoisotopic (exact) mass is 722 g/mol. The van der Waals surface area contributed by atoms with Crippen molar-refractivity contribution in [2.75, 3.05) is 9.80 Å². The number of benzene rings is 6. The second kappa shape index (κ2) is 11.4. The molecule has 3 aliphatic rings. The third kappa shape index (κ3) is 4.76. The number of anilines is 2. The fraction of sp³-hybridized carbons (Fsp3) is 0.333. The molecule has 0 fully saturated rings. The van der Waals surface area contributed by atoms with Gasteiger partial charge >= 0.3 is 0 Å². The lowest BCUT2D eigenvalue weighted by atomic mass is 9.79. The van der Waals surface area contributed by atoms with Crippen LogP contribution >= 0.6 is 0 Å². The highest BCUT2D eigenvalue weighted by Crippen LogP contribution is 2.56. The Bertz CT molecular complexity index is 2630. The smallest absolute Gasteiger partial charge is 0.102 e. The fourth-order valence-electron chi connectivity index (χ4n) is 10.2. The number of hydrogen-bond acceptors (Lipinski definition) is 4. The molecule has 0 amide bonds. The van der Waals surface area contributed by atoms with E-state index in [0.717, 1.165) is 11.7 Å². The summed E-state index contributed by atoms with van der Waals surface area (Å²) in [6.07, 6.45) is 0. The van der Waals surface area contributed by atoms with Crippen LogP contribution < -0.4 is 9.80 Å². The van der Waals surface area contributed by atoms with Crippen LogP contribution in [0.3, 0.4) is 0 Å². The van der Waals surface area contributed by atoms with E-state index in [4.69, 9.17) is 9.98 Å². The van der Waals surface area contributed by atoms with Crippen molar-refractivity contribution in [2.24, 2.45) is 9.98 Å². The lowest BCUT2D eigenvalue weighted by molar-refractivity contribution is 0.338. The predicted molar refractivity (Wildman–Crippen MR) is 237 cm³/mol. The third-order valence-corrected chi connectivity index (χ3v) is 14.2. The minimum absolute atomic E-state index is 0.116. The van der Waals surface area contributed by atoms with E-state index in [1.807, 2.05) is 0 Å². The summed E-state index contributed by atoms with van der Waals surface area (Å²) in [6, 6.07) is 41.5. The minimum atomic E-state index is -0.190. The van der Waals surface area contributed by atoms with Gasteiger partial charge in [-0.3, -0.25) is 9.98 Å². The maximum absolute atomic E-state index is 5.09. The molecule has 1 aliphatic carbocycles. The molecule has 0 aromatic heterocycles. The van der Waals surface area contributed by atoms with Crippen LogP contribution in [0.4, 0.5) is 11.4 Å². The van der Waals surface area contributed by atoms with E-state index in [9.17, 15) is 0 Å². The molecule has 0 atom stereocenters. The largest absolute Gasteiger partial charge is 0.322 e. The first-order chi connectivity index (χ1) is 25.9. The summed E-state index contributed by atoms with van der Waals surface area (Å²) in [4.78, 5) is 15.0. The Kier molecular flexibility index (Phi) is 7.36. The molecule has 0 saturated carbocycles. The normalized spacial score (nSPS) is 19.8. The summed E-state index contributed by atoms with van der Waals surface area (Å²) >= 11 is 0. The Hall–Kier alpha value is -5.22. The van der Waals surface area contributed by atoms with Crippen molar-refractivity contribution in [3.8, 4) is 33.4 Å². The average molecular weight is 723 g/mol. The van der Waals surface area contributed by atoms with Crippen LogP contribution in [0.25, 0.3) is 54.9 Å². The fourth-order valence-corrected chi connectivity index (χ4v) is 10.2. The molecule has 6 aromatic carbocycles. The highest BCUT2D eigenvalue weighted by molar-refractivity contribution is 6.26. The molecule has 0 bridgehead atoms. The Balaban J connectivity index is 1.30. The van der Waals surface area contributed by atoms with Crippen LogP contribution in [0.2, 0.25) is 0 Å². The molecule has 9 rings (SSSR count). The number of amidine groups is 2. The summed E-state index contributed by atoms with van der Waals surface area (Å²) < 4.78 is 0. The van der Waals surface area contributed by atoms with Crippen molar-refractivity contribution in [2.45, 2.75) is 111 Å². The topological polar surface area (TPSA) is 31.2 Å². The van der Waals surface area contributed by atoms with Crippen molar-refractivity contribution < 1.29 is 0 Å². The molecule has 2 heterocycles. The van der Waals surface area contributed by atoms with Gasteiger partial charge in [-0.15, -0.1) is 0 Å². The predicted octanol–water partition coefficient (Wildman–Crippen LogP) is 13.2. The maximum atomic E-state index is 5.09. The van der Waals surface area contributed by atoms with Gasteiger partial charge in [0.2, 0.25) is 0 Å². The van der Waals surface area contributed by atoms with E-state index >= 15 is 0 Å². The van der Waals surface area contributed by atoms with E-state index in [-0.39, 0.29) is 27.6 Å². The summed E-state index contributed by atoms with van der Waals surface area (Å²) in [5.41, 5.74) is 12.0. The standard InChI is InChI=1S/C51H54N4/c1-31-52-48(5,6)50(9,10)54(31)35-25-21-33(22-26-35)43-37-17-13-14-18-38(37)44(34-23-27-36(28-24-34)55-32(2)53-49(7,8)51(55,11)12)46-40(43)29-30-42-45(46)39-19-15-16-20-41(39)47(42,3)4/h13-30H,1-12H3. The summed E-state index contributed by atoms with van der Waals surface area (Å²) in [5.74, 6) is 2.12. The van der Waals surface area contributed by atoms with E-state index < -0.39 is 0 Å². The number of fused-ring (bicyclic) bond motifs is 6. The Labute approximate surface area is 327 Å². The van der Waals surface area contributed by atoms with Gasteiger partial charge in [-0.1, -0.05) is 98.8 Å². The first-order valence-electron chi connectivity index (χ1n) is 19.9. The van der Waals surface area contributed by atoms with Crippen LogP contribution in [0, 0.1) is 0 Å².